The standard InChI is InChI=1S/C17H17BrN6O3/c1-23-14-13(15(26)21-17(23)27)24(7-8-25)16(20-14)22-19-10-12(18)9-11-5-3-2-4-6-11/h2-6,10,25H,7-9H2,1H3,(H,21,26,27)/b12-10-,22-19?. The summed E-state index contributed by atoms with van der Waals surface area (Å²) in [7, 11) is 1.49. The van der Waals surface area contributed by atoms with Crippen molar-refractivity contribution >= 4 is 33.0 Å². The molecule has 10 heteroatoms. The van der Waals surface area contributed by atoms with Crippen LogP contribution in [-0.2, 0) is 20.0 Å². The molecule has 27 heavy (non-hydrogen) atoms. The fourth-order valence-electron chi connectivity index (χ4n) is 2.59. The molecule has 0 saturated heterocycles. The number of aromatic nitrogens is 4. The quantitative estimate of drug-likeness (QED) is 0.578. The molecule has 0 amide bonds. The van der Waals surface area contributed by atoms with Gasteiger partial charge < -0.3 is 5.11 Å². The highest BCUT2D eigenvalue weighted by Crippen LogP contribution is 2.19. The fourth-order valence-corrected chi connectivity index (χ4v) is 3.01. The lowest BCUT2D eigenvalue weighted by Crippen LogP contribution is -2.29. The second-order valence-electron chi connectivity index (χ2n) is 5.73. The molecule has 0 radical (unpaired) electrons. The predicted octanol–water partition coefficient (Wildman–Crippen LogP) is 1.98. The number of fused-ring (bicyclic) bond motifs is 1. The fraction of sp³-hybridized carbons (Fsp3) is 0.235. The van der Waals surface area contributed by atoms with Crippen molar-refractivity contribution in [1.82, 2.24) is 19.1 Å². The lowest BCUT2D eigenvalue weighted by molar-refractivity contribution is 0.278. The Morgan fingerprint density at radius 1 is 1.33 bits per heavy atom. The summed E-state index contributed by atoms with van der Waals surface area (Å²) in [6.45, 7) is -0.120. The monoisotopic (exact) mass is 432 g/mol. The van der Waals surface area contributed by atoms with Crippen molar-refractivity contribution in [2.24, 2.45) is 17.3 Å². The molecule has 1 aromatic carbocycles. The Balaban J connectivity index is 1.95. The Kier molecular flexibility index (Phi) is 5.77. The van der Waals surface area contributed by atoms with Crippen LogP contribution in [0.15, 0.2) is 60.8 Å². The number of halogens is 1. The van der Waals surface area contributed by atoms with E-state index in [4.69, 9.17) is 0 Å². The zero-order valence-corrected chi connectivity index (χ0v) is 16.0. The predicted molar refractivity (Wildman–Crippen MR) is 104 cm³/mol. The molecular weight excluding hydrogens is 416 g/mol. The van der Waals surface area contributed by atoms with Gasteiger partial charge in [-0.25, -0.2) is 4.79 Å². The van der Waals surface area contributed by atoms with Gasteiger partial charge in [-0.1, -0.05) is 46.3 Å². The molecule has 3 rings (SSSR count). The molecule has 3 aromatic rings. The molecule has 9 nitrogen and oxygen atoms in total. The minimum absolute atomic E-state index is 0.0983. The van der Waals surface area contributed by atoms with E-state index in [-0.39, 0.29) is 30.3 Å². The van der Waals surface area contributed by atoms with Gasteiger partial charge in [0.2, 0.25) is 0 Å². The van der Waals surface area contributed by atoms with Gasteiger partial charge in [-0.15, -0.1) is 5.11 Å². The summed E-state index contributed by atoms with van der Waals surface area (Å²) in [6.07, 6.45) is 2.19. The number of nitrogens with one attached hydrogen (secondary N) is 1. The van der Waals surface area contributed by atoms with Gasteiger partial charge in [0, 0.05) is 24.5 Å². The number of imidazole rings is 1. The molecule has 0 bridgehead atoms. The Hall–Kier alpha value is -2.85. The number of benzene rings is 1. The van der Waals surface area contributed by atoms with E-state index in [0.29, 0.717) is 6.42 Å². The van der Waals surface area contributed by atoms with E-state index in [1.165, 1.54) is 16.2 Å². The number of aromatic amines is 1. The van der Waals surface area contributed by atoms with Crippen LogP contribution in [0.1, 0.15) is 5.56 Å². The van der Waals surface area contributed by atoms with Crippen LogP contribution in [0, 0.1) is 0 Å². The summed E-state index contributed by atoms with van der Waals surface area (Å²) < 4.78 is 3.45. The van der Waals surface area contributed by atoms with E-state index in [2.05, 4.69) is 36.1 Å². The maximum Gasteiger partial charge on any atom is 0.329 e. The Morgan fingerprint density at radius 3 is 2.78 bits per heavy atom. The average molecular weight is 433 g/mol. The Morgan fingerprint density at radius 2 is 2.07 bits per heavy atom. The SMILES string of the molecule is Cn1c(=O)[nH]c(=O)c2c1nc(N=N/C=C(\Br)Cc1ccccc1)n2CCO. The van der Waals surface area contributed by atoms with Gasteiger partial charge in [-0.3, -0.25) is 18.9 Å². The minimum Gasteiger partial charge on any atom is -0.395 e. The number of hydrogen-bond acceptors (Lipinski definition) is 6. The van der Waals surface area contributed by atoms with Crippen LogP contribution in [0.5, 0.6) is 0 Å². The smallest absolute Gasteiger partial charge is 0.329 e. The van der Waals surface area contributed by atoms with E-state index < -0.39 is 11.2 Å². The number of allylic oxidation sites excluding steroid dienone is 1. The van der Waals surface area contributed by atoms with Gasteiger partial charge in [-0.2, -0.15) is 10.1 Å². The number of aryl methyl sites for hydroxylation is 1. The first-order valence-electron chi connectivity index (χ1n) is 8.11. The molecule has 0 atom stereocenters. The highest BCUT2D eigenvalue weighted by atomic mass is 79.9. The third kappa shape index (κ3) is 4.12. The van der Waals surface area contributed by atoms with Gasteiger partial charge in [0.1, 0.15) is 0 Å². The second-order valence-corrected chi connectivity index (χ2v) is 6.75. The molecule has 0 unspecified atom stereocenters. The summed E-state index contributed by atoms with van der Waals surface area (Å²) in [5.74, 6) is 0.127. The normalized spacial score (nSPS) is 12.3. The van der Waals surface area contributed by atoms with Crippen molar-refractivity contribution < 1.29 is 5.11 Å². The van der Waals surface area contributed by atoms with Crippen LogP contribution < -0.4 is 11.2 Å². The first-order chi connectivity index (χ1) is 13.0. The molecule has 0 spiro atoms. The van der Waals surface area contributed by atoms with Gasteiger partial charge >= 0.3 is 5.69 Å². The third-order valence-corrected chi connectivity index (χ3v) is 4.36. The van der Waals surface area contributed by atoms with Crippen molar-refractivity contribution in [2.45, 2.75) is 13.0 Å². The zero-order chi connectivity index (χ0) is 19.4. The highest BCUT2D eigenvalue weighted by molar-refractivity contribution is 9.11. The van der Waals surface area contributed by atoms with Crippen molar-refractivity contribution in [2.75, 3.05) is 6.61 Å². The molecule has 0 aliphatic carbocycles. The van der Waals surface area contributed by atoms with Crippen molar-refractivity contribution in [3.05, 3.63) is 67.4 Å². The first kappa shape index (κ1) is 18.9. The van der Waals surface area contributed by atoms with Gasteiger partial charge in [0.05, 0.1) is 12.8 Å². The first-order valence-corrected chi connectivity index (χ1v) is 8.90. The summed E-state index contributed by atoms with van der Waals surface area (Å²) in [5, 5.41) is 17.3. The molecule has 0 saturated carbocycles. The number of azo groups is 1. The molecule has 2 aromatic heterocycles. The van der Waals surface area contributed by atoms with Gasteiger partial charge in [0.25, 0.3) is 11.5 Å². The van der Waals surface area contributed by atoms with Crippen LogP contribution in [0.2, 0.25) is 0 Å². The van der Waals surface area contributed by atoms with Crippen LogP contribution in [0.4, 0.5) is 5.95 Å². The lowest BCUT2D eigenvalue weighted by atomic mass is 10.1. The van der Waals surface area contributed by atoms with Crippen molar-refractivity contribution in [1.29, 1.82) is 0 Å². The van der Waals surface area contributed by atoms with Crippen LogP contribution in [0.25, 0.3) is 11.2 Å². The molecule has 0 aliphatic rings. The Bertz CT molecular complexity index is 1130. The third-order valence-electron chi connectivity index (χ3n) is 3.87. The van der Waals surface area contributed by atoms with E-state index in [0.717, 1.165) is 10.0 Å². The van der Waals surface area contributed by atoms with Gasteiger partial charge in [-0.05, 0) is 5.56 Å². The van der Waals surface area contributed by atoms with Gasteiger partial charge in [0.15, 0.2) is 11.2 Å². The van der Waals surface area contributed by atoms with Crippen LogP contribution in [0.3, 0.4) is 0 Å². The maximum atomic E-state index is 12.1. The Labute approximate surface area is 161 Å². The number of aliphatic hydroxyl groups is 1. The summed E-state index contributed by atoms with van der Waals surface area (Å²) in [6, 6.07) is 9.85. The molecule has 140 valence electrons. The van der Waals surface area contributed by atoms with E-state index in [1.807, 2.05) is 30.3 Å². The summed E-state index contributed by atoms with van der Waals surface area (Å²) in [4.78, 5) is 30.3. The number of rotatable bonds is 6. The maximum absolute atomic E-state index is 12.1. The van der Waals surface area contributed by atoms with Crippen molar-refractivity contribution in [3.8, 4) is 0 Å². The largest absolute Gasteiger partial charge is 0.395 e. The van der Waals surface area contributed by atoms with Crippen LogP contribution in [-0.4, -0.2) is 30.8 Å². The molecule has 2 N–H and O–H groups in total. The van der Waals surface area contributed by atoms with E-state index in [1.54, 1.807) is 6.20 Å². The number of aliphatic hydroxyl groups excluding tert-OH is 1. The molecule has 0 fully saturated rings. The summed E-state index contributed by atoms with van der Waals surface area (Å²) in [5.41, 5.74) is 0.294. The minimum atomic E-state index is -0.587. The zero-order valence-electron chi connectivity index (χ0n) is 14.5. The highest BCUT2D eigenvalue weighted by Gasteiger charge is 2.16. The molecule has 0 aliphatic heterocycles. The molecular formula is C17H17BrN6O3. The van der Waals surface area contributed by atoms with E-state index >= 15 is 0 Å². The van der Waals surface area contributed by atoms with E-state index in [9.17, 15) is 14.7 Å². The molecule has 2 heterocycles. The number of hydrogen-bond donors (Lipinski definition) is 2. The lowest BCUT2D eigenvalue weighted by Gasteiger charge is -2.02. The number of nitrogens with zero attached hydrogens (tertiary/aromatic N) is 5. The number of H-pyrrole nitrogens is 1. The summed E-state index contributed by atoms with van der Waals surface area (Å²) >= 11 is 3.44. The average Bonchev–Trinajstić information content (AvgIpc) is 3.00. The van der Waals surface area contributed by atoms with Crippen LogP contribution >= 0.6 is 15.9 Å². The topological polar surface area (TPSA) is 118 Å². The second kappa shape index (κ2) is 8.23. The van der Waals surface area contributed by atoms with Crippen molar-refractivity contribution in [3.63, 3.8) is 0 Å².